The van der Waals surface area contributed by atoms with E-state index in [1.54, 1.807) is 0 Å². The van der Waals surface area contributed by atoms with E-state index in [2.05, 4.69) is 17.4 Å². The minimum absolute atomic E-state index is 0.00216. The first-order chi connectivity index (χ1) is 11.6. The molecule has 1 aromatic rings. The lowest BCUT2D eigenvalue weighted by atomic mass is 9.86. The van der Waals surface area contributed by atoms with Crippen LogP contribution in [-0.2, 0) is 4.79 Å². The lowest BCUT2D eigenvalue weighted by molar-refractivity contribution is -0.142. The maximum Gasteiger partial charge on any atom is 0.318 e. The third-order valence-corrected chi connectivity index (χ3v) is 5.35. The molecule has 5 heteroatoms. The van der Waals surface area contributed by atoms with Gasteiger partial charge in [0.15, 0.2) is 0 Å². The molecule has 130 valence electrons. The van der Waals surface area contributed by atoms with Crippen molar-refractivity contribution in [3.8, 4) is 0 Å². The van der Waals surface area contributed by atoms with Gasteiger partial charge in [-0.05, 0) is 50.5 Å². The molecule has 0 spiro atoms. The van der Waals surface area contributed by atoms with E-state index in [9.17, 15) is 9.59 Å². The standard InChI is InChI=1S/C19H26N2O3/c22-18(23)15-9-11-16(12-10-15)20-19(24)21-13-5-4-8-17(21)14-6-2-1-3-7-14/h1-3,6-7,15-17H,4-5,8-13H2,(H,20,24)(H,22,23). The molecule has 2 fully saturated rings. The van der Waals surface area contributed by atoms with Crippen molar-refractivity contribution >= 4 is 12.0 Å². The number of nitrogens with zero attached hydrogens (tertiary/aromatic N) is 1. The quantitative estimate of drug-likeness (QED) is 0.890. The van der Waals surface area contributed by atoms with Gasteiger partial charge in [0.2, 0.25) is 0 Å². The number of carbonyl (C=O) groups excluding carboxylic acids is 1. The van der Waals surface area contributed by atoms with Gasteiger partial charge in [0, 0.05) is 12.6 Å². The molecular formula is C19H26N2O3. The van der Waals surface area contributed by atoms with E-state index in [1.807, 2.05) is 23.1 Å². The first-order valence-corrected chi connectivity index (χ1v) is 9.00. The number of nitrogens with one attached hydrogen (secondary N) is 1. The van der Waals surface area contributed by atoms with Crippen LogP contribution in [0.25, 0.3) is 0 Å². The number of hydrogen-bond acceptors (Lipinski definition) is 2. The van der Waals surface area contributed by atoms with Gasteiger partial charge >= 0.3 is 12.0 Å². The molecule has 1 saturated heterocycles. The molecule has 5 nitrogen and oxygen atoms in total. The first-order valence-electron chi connectivity index (χ1n) is 9.00. The minimum Gasteiger partial charge on any atom is -0.481 e. The van der Waals surface area contributed by atoms with E-state index >= 15 is 0 Å². The summed E-state index contributed by atoms with van der Waals surface area (Å²) in [7, 11) is 0. The van der Waals surface area contributed by atoms with Crippen LogP contribution in [0.4, 0.5) is 4.79 Å². The highest BCUT2D eigenvalue weighted by Gasteiger charge is 2.31. The second-order valence-electron chi connectivity index (χ2n) is 6.95. The largest absolute Gasteiger partial charge is 0.481 e. The molecule has 1 atom stereocenters. The van der Waals surface area contributed by atoms with Crippen LogP contribution >= 0.6 is 0 Å². The Kier molecular flexibility index (Phi) is 5.38. The van der Waals surface area contributed by atoms with Crippen LogP contribution in [-0.4, -0.2) is 34.6 Å². The number of rotatable bonds is 3. The van der Waals surface area contributed by atoms with Crippen molar-refractivity contribution < 1.29 is 14.7 Å². The number of likely N-dealkylation sites (tertiary alicyclic amines) is 1. The molecule has 2 N–H and O–H groups in total. The summed E-state index contributed by atoms with van der Waals surface area (Å²) in [4.78, 5) is 25.8. The average molecular weight is 330 g/mol. The van der Waals surface area contributed by atoms with Crippen LogP contribution in [0.5, 0.6) is 0 Å². The first kappa shape index (κ1) is 16.8. The third-order valence-electron chi connectivity index (χ3n) is 5.35. The third kappa shape index (κ3) is 3.89. The highest BCUT2D eigenvalue weighted by atomic mass is 16.4. The van der Waals surface area contributed by atoms with Crippen molar-refractivity contribution in [2.75, 3.05) is 6.54 Å². The fourth-order valence-electron chi connectivity index (χ4n) is 3.94. The van der Waals surface area contributed by atoms with Crippen LogP contribution in [0, 0.1) is 5.92 Å². The average Bonchev–Trinajstić information content (AvgIpc) is 2.63. The van der Waals surface area contributed by atoms with Gasteiger partial charge in [0.05, 0.1) is 12.0 Å². The van der Waals surface area contributed by atoms with Crippen molar-refractivity contribution in [1.29, 1.82) is 0 Å². The van der Waals surface area contributed by atoms with Gasteiger partial charge in [-0.1, -0.05) is 30.3 Å². The number of benzene rings is 1. The molecule has 1 aliphatic carbocycles. The van der Waals surface area contributed by atoms with Gasteiger partial charge in [-0.15, -0.1) is 0 Å². The van der Waals surface area contributed by atoms with Crippen molar-refractivity contribution in [2.45, 2.75) is 57.0 Å². The predicted octanol–water partition coefficient (Wildman–Crippen LogP) is 3.57. The number of urea groups is 1. The molecule has 1 aromatic carbocycles. The molecule has 3 rings (SSSR count). The zero-order valence-corrected chi connectivity index (χ0v) is 14.0. The molecular weight excluding hydrogens is 304 g/mol. The van der Waals surface area contributed by atoms with Gasteiger partial charge in [-0.25, -0.2) is 4.79 Å². The summed E-state index contributed by atoms with van der Waals surface area (Å²) in [5.41, 5.74) is 1.20. The molecule has 1 saturated carbocycles. The summed E-state index contributed by atoms with van der Waals surface area (Å²) in [6, 6.07) is 10.5. The Bertz CT molecular complexity index is 567. The fourth-order valence-corrected chi connectivity index (χ4v) is 3.94. The van der Waals surface area contributed by atoms with Gasteiger partial charge < -0.3 is 15.3 Å². The van der Waals surface area contributed by atoms with Crippen LogP contribution in [0.15, 0.2) is 30.3 Å². The molecule has 0 radical (unpaired) electrons. The Labute approximate surface area is 143 Å². The van der Waals surface area contributed by atoms with Crippen molar-refractivity contribution in [2.24, 2.45) is 5.92 Å². The number of aliphatic carboxylic acids is 1. The molecule has 1 aliphatic heterocycles. The Morgan fingerprint density at radius 1 is 1.00 bits per heavy atom. The molecule has 1 unspecified atom stereocenters. The maximum atomic E-state index is 12.8. The topological polar surface area (TPSA) is 69.6 Å². The van der Waals surface area contributed by atoms with E-state index in [1.165, 1.54) is 5.56 Å². The Hall–Kier alpha value is -2.04. The Morgan fingerprint density at radius 2 is 1.71 bits per heavy atom. The van der Waals surface area contributed by atoms with E-state index in [4.69, 9.17) is 5.11 Å². The van der Waals surface area contributed by atoms with Crippen molar-refractivity contribution in [3.05, 3.63) is 35.9 Å². The van der Waals surface area contributed by atoms with E-state index < -0.39 is 5.97 Å². The molecule has 24 heavy (non-hydrogen) atoms. The number of carboxylic acids is 1. The monoisotopic (exact) mass is 330 g/mol. The summed E-state index contributed by atoms with van der Waals surface area (Å²) < 4.78 is 0. The molecule has 2 amide bonds. The van der Waals surface area contributed by atoms with Crippen molar-refractivity contribution in [1.82, 2.24) is 10.2 Å². The normalized spacial score (nSPS) is 27.5. The number of hydrogen-bond donors (Lipinski definition) is 2. The summed E-state index contributed by atoms with van der Waals surface area (Å²) in [5.74, 6) is -0.954. The van der Waals surface area contributed by atoms with E-state index in [-0.39, 0.29) is 24.0 Å². The van der Waals surface area contributed by atoms with Gasteiger partial charge in [0.1, 0.15) is 0 Å². The zero-order valence-electron chi connectivity index (χ0n) is 14.0. The predicted molar refractivity (Wildman–Crippen MR) is 91.7 cm³/mol. The fraction of sp³-hybridized carbons (Fsp3) is 0.579. The lowest BCUT2D eigenvalue weighted by Crippen LogP contribution is -2.49. The van der Waals surface area contributed by atoms with Crippen LogP contribution in [0.3, 0.4) is 0 Å². The summed E-state index contributed by atoms with van der Waals surface area (Å²) in [5, 5.41) is 12.2. The lowest BCUT2D eigenvalue weighted by Gasteiger charge is -2.38. The number of piperidine rings is 1. The second kappa shape index (κ2) is 7.69. The van der Waals surface area contributed by atoms with Gasteiger partial charge in [0.25, 0.3) is 0 Å². The van der Waals surface area contributed by atoms with Crippen LogP contribution < -0.4 is 5.32 Å². The highest BCUT2D eigenvalue weighted by molar-refractivity contribution is 5.75. The smallest absolute Gasteiger partial charge is 0.318 e. The molecule has 0 bridgehead atoms. The van der Waals surface area contributed by atoms with Gasteiger partial charge in [-0.3, -0.25) is 4.79 Å². The van der Waals surface area contributed by atoms with Crippen molar-refractivity contribution in [3.63, 3.8) is 0 Å². The van der Waals surface area contributed by atoms with E-state index in [0.29, 0.717) is 12.8 Å². The number of carbonyl (C=O) groups is 2. The number of amides is 2. The summed E-state index contributed by atoms with van der Waals surface area (Å²) in [6.07, 6.45) is 6.02. The Balaban J connectivity index is 1.60. The van der Waals surface area contributed by atoms with Gasteiger partial charge in [-0.2, -0.15) is 0 Å². The highest BCUT2D eigenvalue weighted by Crippen LogP contribution is 2.31. The number of carboxylic acid groups (broad SMARTS) is 1. The second-order valence-corrected chi connectivity index (χ2v) is 6.95. The Morgan fingerprint density at radius 3 is 2.38 bits per heavy atom. The summed E-state index contributed by atoms with van der Waals surface area (Å²) in [6.45, 7) is 0.788. The van der Waals surface area contributed by atoms with Crippen LogP contribution in [0.2, 0.25) is 0 Å². The van der Waals surface area contributed by atoms with E-state index in [0.717, 1.165) is 38.6 Å². The summed E-state index contributed by atoms with van der Waals surface area (Å²) >= 11 is 0. The molecule has 1 heterocycles. The molecule has 2 aliphatic rings. The zero-order chi connectivity index (χ0) is 16.9. The minimum atomic E-state index is -0.708. The molecule has 0 aromatic heterocycles. The SMILES string of the molecule is O=C(O)C1CCC(NC(=O)N2CCCCC2c2ccccc2)CC1. The maximum absolute atomic E-state index is 12.8. The van der Waals surface area contributed by atoms with Crippen LogP contribution in [0.1, 0.15) is 56.6 Å².